The molecule has 0 radical (unpaired) electrons. The number of nitro groups is 1. The summed E-state index contributed by atoms with van der Waals surface area (Å²) in [6, 6.07) is 9.04. The van der Waals surface area contributed by atoms with E-state index >= 15 is 0 Å². The molecular weight excluding hydrogens is 275 g/mol. The molecular formula is C15H15FN2O3. The molecule has 5 nitrogen and oxygen atoms in total. The Morgan fingerprint density at radius 3 is 2.76 bits per heavy atom. The van der Waals surface area contributed by atoms with Crippen molar-refractivity contribution in [3.8, 4) is 11.5 Å². The maximum Gasteiger partial charge on any atom is 0.275 e. The lowest BCUT2D eigenvalue weighted by Crippen LogP contribution is -1.99. The van der Waals surface area contributed by atoms with Gasteiger partial charge >= 0.3 is 0 Å². The van der Waals surface area contributed by atoms with Crippen LogP contribution >= 0.6 is 0 Å². The van der Waals surface area contributed by atoms with Crippen LogP contribution in [0, 0.1) is 22.9 Å². The van der Waals surface area contributed by atoms with Crippen LogP contribution in [0.5, 0.6) is 11.5 Å². The Morgan fingerprint density at radius 2 is 2.10 bits per heavy atom. The van der Waals surface area contributed by atoms with Gasteiger partial charge in [0.1, 0.15) is 5.75 Å². The molecule has 0 heterocycles. The summed E-state index contributed by atoms with van der Waals surface area (Å²) in [4.78, 5) is 10.4. The number of nitro benzene ring substituents is 1. The van der Waals surface area contributed by atoms with Crippen molar-refractivity contribution < 1.29 is 14.1 Å². The second-order valence-electron chi connectivity index (χ2n) is 4.49. The van der Waals surface area contributed by atoms with Gasteiger partial charge in [0.2, 0.25) is 0 Å². The van der Waals surface area contributed by atoms with Gasteiger partial charge in [-0.05, 0) is 25.5 Å². The van der Waals surface area contributed by atoms with Crippen molar-refractivity contribution in [3.63, 3.8) is 0 Å². The van der Waals surface area contributed by atoms with Gasteiger partial charge in [0.05, 0.1) is 11.0 Å². The minimum Gasteiger partial charge on any atom is -0.454 e. The van der Waals surface area contributed by atoms with Crippen molar-refractivity contribution in [3.05, 3.63) is 57.9 Å². The Hall–Kier alpha value is -2.63. The van der Waals surface area contributed by atoms with Crippen molar-refractivity contribution in [2.75, 3.05) is 11.9 Å². The molecule has 2 rings (SSSR count). The molecule has 2 aromatic carbocycles. The lowest BCUT2D eigenvalue weighted by Gasteiger charge is -2.10. The van der Waals surface area contributed by atoms with Crippen LogP contribution in [0.2, 0.25) is 0 Å². The summed E-state index contributed by atoms with van der Waals surface area (Å²) in [7, 11) is 0. The number of hydrogen-bond donors (Lipinski definition) is 1. The van der Waals surface area contributed by atoms with Crippen LogP contribution in [0.25, 0.3) is 0 Å². The van der Waals surface area contributed by atoms with Gasteiger partial charge in [0.15, 0.2) is 11.6 Å². The standard InChI is InChI=1S/C15H15FN2O3/c1-3-17-11-7-12(18(19)20)9-13(8-11)21-14-6-4-5-10(2)15(14)16/h4-9,17H,3H2,1-2H3. The van der Waals surface area contributed by atoms with E-state index in [0.717, 1.165) is 0 Å². The Morgan fingerprint density at radius 1 is 1.33 bits per heavy atom. The van der Waals surface area contributed by atoms with Gasteiger partial charge in [-0.1, -0.05) is 12.1 Å². The molecule has 0 aliphatic rings. The molecule has 2 aromatic rings. The summed E-state index contributed by atoms with van der Waals surface area (Å²) < 4.78 is 19.4. The topological polar surface area (TPSA) is 64.4 Å². The molecule has 0 bridgehead atoms. The average molecular weight is 290 g/mol. The molecule has 0 aromatic heterocycles. The van der Waals surface area contributed by atoms with Gasteiger partial charge in [0, 0.05) is 24.4 Å². The lowest BCUT2D eigenvalue weighted by molar-refractivity contribution is -0.384. The number of nitrogens with zero attached hydrogens (tertiary/aromatic N) is 1. The zero-order valence-electron chi connectivity index (χ0n) is 11.7. The van der Waals surface area contributed by atoms with E-state index in [1.165, 1.54) is 18.2 Å². The van der Waals surface area contributed by atoms with Gasteiger partial charge in [-0.15, -0.1) is 0 Å². The van der Waals surface area contributed by atoms with Gasteiger partial charge in [0.25, 0.3) is 5.69 Å². The SMILES string of the molecule is CCNc1cc(Oc2cccc(C)c2F)cc([N+](=O)[O-])c1. The normalized spacial score (nSPS) is 10.2. The number of aryl methyl sites for hydroxylation is 1. The van der Waals surface area contributed by atoms with Crippen LogP contribution in [0.4, 0.5) is 15.8 Å². The summed E-state index contributed by atoms with van der Waals surface area (Å²) in [5, 5.41) is 13.9. The second kappa shape index (κ2) is 6.21. The Kier molecular flexibility index (Phi) is 4.37. The molecule has 0 aliphatic carbocycles. The van der Waals surface area contributed by atoms with Crippen molar-refractivity contribution in [1.29, 1.82) is 0 Å². The summed E-state index contributed by atoms with van der Waals surface area (Å²) in [6.07, 6.45) is 0. The number of rotatable bonds is 5. The van der Waals surface area contributed by atoms with E-state index in [4.69, 9.17) is 4.74 Å². The number of nitrogens with one attached hydrogen (secondary N) is 1. The average Bonchev–Trinajstić information content (AvgIpc) is 2.44. The van der Waals surface area contributed by atoms with Gasteiger partial charge < -0.3 is 10.1 Å². The highest BCUT2D eigenvalue weighted by atomic mass is 19.1. The van der Waals surface area contributed by atoms with Gasteiger partial charge in [-0.2, -0.15) is 0 Å². The minimum atomic E-state index is -0.514. The predicted molar refractivity (Wildman–Crippen MR) is 78.5 cm³/mol. The summed E-state index contributed by atoms with van der Waals surface area (Å²) in [5.41, 5.74) is 0.885. The van der Waals surface area contributed by atoms with E-state index in [1.807, 2.05) is 6.92 Å². The lowest BCUT2D eigenvalue weighted by atomic mass is 10.2. The third kappa shape index (κ3) is 3.47. The van der Waals surface area contributed by atoms with Crippen LogP contribution in [-0.2, 0) is 0 Å². The van der Waals surface area contributed by atoms with Crippen LogP contribution < -0.4 is 10.1 Å². The summed E-state index contributed by atoms with van der Waals surface area (Å²) >= 11 is 0. The molecule has 21 heavy (non-hydrogen) atoms. The quantitative estimate of drug-likeness (QED) is 0.660. The molecule has 0 amide bonds. The molecule has 0 unspecified atom stereocenters. The largest absolute Gasteiger partial charge is 0.454 e. The molecule has 0 saturated carbocycles. The second-order valence-corrected chi connectivity index (χ2v) is 4.49. The smallest absolute Gasteiger partial charge is 0.275 e. The van der Waals surface area contributed by atoms with Crippen molar-refractivity contribution in [2.24, 2.45) is 0 Å². The number of benzene rings is 2. The highest BCUT2D eigenvalue weighted by Crippen LogP contribution is 2.31. The maximum absolute atomic E-state index is 13.9. The van der Waals surface area contributed by atoms with Crippen molar-refractivity contribution >= 4 is 11.4 Å². The first kappa shape index (κ1) is 14.8. The molecule has 0 atom stereocenters. The van der Waals surface area contributed by atoms with E-state index in [9.17, 15) is 14.5 Å². The number of ether oxygens (including phenoxy) is 1. The van der Waals surface area contributed by atoms with Crippen LogP contribution in [0.1, 0.15) is 12.5 Å². The zero-order chi connectivity index (χ0) is 15.4. The van der Waals surface area contributed by atoms with E-state index in [1.54, 1.807) is 25.1 Å². The summed E-state index contributed by atoms with van der Waals surface area (Å²) in [6.45, 7) is 4.11. The maximum atomic E-state index is 13.9. The Balaban J connectivity index is 2.38. The molecule has 0 fully saturated rings. The molecule has 6 heteroatoms. The van der Waals surface area contributed by atoms with Crippen molar-refractivity contribution in [1.82, 2.24) is 0 Å². The highest BCUT2D eigenvalue weighted by Gasteiger charge is 2.13. The molecule has 0 saturated heterocycles. The Labute approximate surface area is 121 Å². The summed E-state index contributed by atoms with van der Waals surface area (Å²) in [5.74, 6) is -0.225. The minimum absolute atomic E-state index is 0.0398. The molecule has 110 valence electrons. The predicted octanol–water partition coefficient (Wildman–Crippen LogP) is 4.27. The zero-order valence-corrected chi connectivity index (χ0v) is 11.7. The van der Waals surface area contributed by atoms with E-state index < -0.39 is 10.7 Å². The van der Waals surface area contributed by atoms with Crippen LogP contribution in [0.15, 0.2) is 36.4 Å². The first-order valence-corrected chi connectivity index (χ1v) is 6.47. The van der Waals surface area contributed by atoms with E-state index in [-0.39, 0.29) is 17.2 Å². The van der Waals surface area contributed by atoms with E-state index in [2.05, 4.69) is 5.32 Å². The first-order valence-electron chi connectivity index (χ1n) is 6.47. The highest BCUT2D eigenvalue weighted by molar-refractivity contribution is 5.57. The molecule has 0 spiro atoms. The molecule has 0 aliphatic heterocycles. The number of non-ortho nitro benzene ring substituents is 1. The third-order valence-corrected chi connectivity index (χ3v) is 2.87. The van der Waals surface area contributed by atoms with Crippen LogP contribution in [0.3, 0.4) is 0 Å². The van der Waals surface area contributed by atoms with Gasteiger partial charge in [-0.25, -0.2) is 4.39 Å². The number of halogens is 1. The fourth-order valence-electron chi connectivity index (χ4n) is 1.88. The fourth-order valence-corrected chi connectivity index (χ4v) is 1.88. The number of anilines is 1. The molecule has 1 N–H and O–H groups in total. The monoisotopic (exact) mass is 290 g/mol. The number of hydrogen-bond acceptors (Lipinski definition) is 4. The van der Waals surface area contributed by atoms with Gasteiger partial charge in [-0.3, -0.25) is 10.1 Å². The fraction of sp³-hybridized carbons (Fsp3) is 0.200. The van der Waals surface area contributed by atoms with E-state index in [0.29, 0.717) is 17.8 Å². The Bertz CT molecular complexity index is 674. The van der Waals surface area contributed by atoms with Crippen molar-refractivity contribution in [2.45, 2.75) is 13.8 Å². The third-order valence-electron chi connectivity index (χ3n) is 2.87. The first-order chi connectivity index (χ1) is 10.0. The van der Waals surface area contributed by atoms with Crippen LogP contribution in [-0.4, -0.2) is 11.5 Å².